The van der Waals surface area contributed by atoms with E-state index < -0.39 is 5.51 Å². The summed E-state index contributed by atoms with van der Waals surface area (Å²) in [5.74, 6) is 0.794. The molecule has 3 rings (SSSR count). The third-order valence-corrected chi connectivity index (χ3v) is 6.62. The van der Waals surface area contributed by atoms with E-state index >= 15 is 0 Å². The van der Waals surface area contributed by atoms with Crippen LogP contribution in [0, 0.1) is 5.92 Å². The van der Waals surface area contributed by atoms with E-state index in [1.807, 2.05) is 6.07 Å². The Hall–Kier alpha value is -1.41. The lowest BCUT2D eigenvalue weighted by molar-refractivity contribution is -0.119. The lowest BCUT2D eigenvalue weighted by atomic mass is 9.84. The number of nitrogens with zero attached hydrogens (tertiary/aromatic N) is 2. The Balaban J connectivity index is 1.39. The molecular weight excluding hydrogens is 399 g/mol. The number of thioether (sulfide) groups is 1. The summed E-state index contributed by atoms with van der Waals surface area (Å²) < 4.78 is 37.8. The highest BCUT2D eigenvalue weighted by Gasteiger charge is 2.29. The Bertz CT molecular complexity index is 669. The molecule has 1 saturated carbocycles. The van der Waals surface area contributed by atoms with Gasteiger partial charge in [0.15, 0.2) is 0 Å². The lowest BCUT2D eigenvalue weighted by Gasteiger charge is -2.37. The first-order valence-electron chi connectivity index (χ1n) is 10.4. The maximum absolute atomic E-state index is 12.6. The van der Waals surface area contributed by atoms with Crippen molar-refractivity contribution in [2.45, 2.75) is 55.5 Å². The van der Waals surface area contributed by atoms with Crippen molar-refractivity contribution in [3.63, 3.8) is 0 Å². The van der Waals surface area contributed by atoms with Gasteiger partial charge in [-0.3, -0.25) is 9.69 Å². The summed E-state index contributed by atoms with van der Waals surface area (Å²) in [6, 6.07) is 7.09. The molecule has 8 heteroatoms. The number of carbonyl (C=O) groups excluding carboxylic acids is 1. The van der Waals surface area contributed by atoms with Crippen LogP contribution in [-0.2, 0) is 4.79 Å². The molecule has 1 aromatic carbocycles. The molecule has 1 N–H and O–H groups in total. The highest BCUT2D eigenvalue weighted by atomic mass is 32.2. The number of amides is 1. The normalized spacial score (nSPS) is 23.8. The predicted octanol–water partition coefficient (Wildman–Crippen LogP) is 4.51. The third-order valence-electron chi connectivity index (χ3n) is 5.90. The van der Waals surface area contributed by atoms with E-state index in [9.17, 15) is 18.0 Å². The number of rotatable bonds is 6. The molecule has 1 aliphatic carbocycles. The van der Waals surface area contributed by atoms with Crippen molar-refractivity contribution in [3.8, 4) is 0 Å². The molecule has 2 fully saturated rings. The monoisotopic (exact) mass is 429 g/mol. The minimum absolute atomic E-state index is 0.0536. The van der Waals surface area contributed by atoms with Gasteiger partial charge in [-0.15, -0.1) is 0 Å². The fourth-order valence-corrected chi connectivity index (χ4v) is 4.95. The zero-order chi connectivity index (χ0) is 20.9. The molecule has 4 nitrogen and oxygen atoms in total. The fourth-order valence-electron chi connectivity index (χ4n) is 4.36. The number of halogens is 3. The molecule has 0 spiro atoms. The number of hydrogen-bond donors (Lipinski definition) is 1. The van der Waals surface area contributed by atoms with Crippen LogP contribution in [0.3, 0.4) is 0 Å². The van der Waals surface area contributed by atoms with Crippen LogP contribution >= 0.6 is 11.8 Å². The van der Waals surface area contributed by atoms with Crippen molar-refractivity contribution in [3.05, 3.63) is 24.3 Å². The van der Waals surface area contributed by atoms with Gasteiger partial charge in [0, 0.05) is 49.7 Å². The Kier molecular flexibility index (Phi) is 7.73. The largest absolute Gasteiger partial charge is 0.446 e. The molecule has 1 saturated heterocycles. The van der Waals surface area contributed by atoms with Gasteiger partial charge in [0.25, 0.3) is 0 Å². The van der Waals surface area contributed by atoms with Crippen LogP contribution in [0.15, 0.2) is 29.2 Å². The topological polar surface area (TPSA) is 35.6 Å². The van der Waals surface area contributed by atoms with Crippen LogP contribution in [0.2, 0.25) is 0 Å². The zero-order valence-electron chi connectivity index (χ0n) is 16.9. The quantitative estimate of drug-likeness (QED) is 0.675. The highest BCUT2D eigenvalue weighted by Crippen LogP contribution is 2.38. The van der Waals surface area contributed by atoms with Gasteiger partial charge in [-0.05, 0) is 74.5 Å². The van der Waals surface area contributed by atoms with E-state index in [-0.39, 0.29) is 22.6 Å². The average molecular weight is 430 g/mol. The van der Waals surface area contributed by atoms with Crippen LogP contribution in [-0.4, -0.2) is 55.1 Å². The highest BCUT2D eigenvalue weighted by molar-refractivity contribution is 8.00. The number of alkyl halides is 3. The van der Waals surface area contributed by atoms with E-state index in [1.165, 1.54) is 25.3 Å². The average Bonchev–Trinajstić information content (AvgIpc) is 2.66. The van der Waals surface area contributed by atoms with E-state index in [4.69, 9.17) is 0 Å². The summed E-state index contributed by atoms with van der Waals surface area (Å²) in [6.45, 7) is 6.23. The molecule has 0 radical (unpaired) electrons. The van der Waals surface area contributed by atoms with Gasteiger partial charge in [-0.25, -0.2) is 0 Å². The van der Waals surface area contributed by atoms with Crippen molar-refractivity contribution >= 4 is 23.4 Å². The van der Waals surface area contributed by atoms with E-state index in [1.54, 1.807) is 19.1 Å². The minimum Gasteiger partial charge on any atom is -0.369 e. The molecule has 1 aliphatic heterocycles. The molecule has 1 heterocycles. The summed E-state index contributed by atoms with van der Waals surface area (Å²) >= 11 is -0.0536. The Morgan fingerprint density at radius 3 is 2.45 bits per heavy atom. The van der Waals surface area contributed by atoms with Gasteiger partial charge in [-0.1, -0.05) is 6.07 Å². The van der Waals surface area contributed by atoms with Crippen LogP contribution in [0.25, 0.3) is 0 Å². The lowest BCUT2D eigenvalue weighted by Crippen LogP contribution is -2.47. The first-order chi connectivity index (χ1) is 13.8. The second kappa shape index (κ2) is 10.1. The SMILES string of the molecule is CC(=O)NC1CCC(CCN2CCN(c3cccc(SC(F)(F)F)c3)CC2)CC1. The van der Waals surface area contributed by atoms with E-state index in [0.717, 1.165) is 57.2 Å². The molecule has 1 aromatic rings. The van der Waals surface area contributed by atoms with Gasteiger partial charge in [0.05, 0.1) is 0 Å². The minimum atomic E-state index is -4.25. The number of anilines is 1. The van der Waals surface area contributed by atoms with Gasteiger partial charge in [-0.2, -0.15) is 13.2 Å². The summed E-state index contributed by atoms with van der Waals surface area (Å²) in [6.07, 6.45) is 5.68. The number of benzene rings is 1. The van der Waals surface area contributed by atoms with Crippen molar-refractivity contribution in [2.75, 3.05) is 37.6 Å². The first kappa shape index (κ1) is 22.3. The molecule has 0 aromatic heterocycles. The van der Waals surface area contributed by atoms with Gasteiger partial charge in [0.1, 0.15) is 0 Å². The van der Waals surface area contributed by atoms with Gasteiger partial charge in [0.2, 0.25) is 5.91 Å². The molecule has 29 heavy (non-hydrogen) atoms. The molecule has 1 amide bonds. The van der Waals surface area contributed by atoms with Crippen molar-refractivity contribution in [1.82, 2.24) is 10.2 Å². The second-order valence-corrected chi connectivity index (χ2v) is 9.22. The van der Waals surface area contributed by atoms with Crippen molar-refractivity contribution in [2.24, 2.45) is 5.92 Å². The summed E-state index contributed by atoms with van der Waals surface area (Å²) in [7, 11) is 0. The number of nitrogens with one attached hydrogen (secondary N) is 1. The van der Waals surface area contributed by atoms with E-state index in [0.29, 0.717) is 6.04 Å². The number of piperazine rings is 1. The van der Waals surface area contributed by atoms with Gasteiger partial charge < -0.3 is 10.2 Å². The predicted molar refractivity (Wildman–Crippen MR) is 111 cm³/mol. The Morgan fingerprint density at radius 2 is 1.83 bits per heavy atom. The first-order valence-corrected chi connectivity index (χ1v) is 11.2. The zero-order valence-corrected chi connectivity index (χ0v) is 17.7. The summed E-state index contributed by atoms with van der Waals surface area (Å²) in [5.41, 5.74) is -3.38. The maximum Gasteiger partial charge on any atom is 0.446 e. The fraction of sp³-hybridized carbons (Fsp3) is 0.667. The standard InChI is InChI=1S/C21H30F3N3OS/c1-16(28)25-18-7-5-17(6-8-18)9-10-26-11-13-27(14-12-26)19-3-2-4-20(15-19)29-21(22,23)24/h2-4,15,17-18H,5-14H2,1H3,(H,25,28). The van der Waals surface area contributed by atoms with Crippen molar-refractivity contribution < 1.29 is 18.0 Å². The van der Waals surface area contributed by atoms with Crippen molar-refractivity contribution in [1.29, 1.82) is 0 Å². The molecular formula is C21H30F3N3OS. The summed E-state index contributed by atoms with van der Waals surface area (Å²) in [5, 5.41) is 3.03. The number of hydrogen-bond acceptors (Lipinski definition) is 4. The second-order valence-electron chi connectivity index (χ2n) is 8.08. The Morgan fingerprint density at radius 1 is 1.14 bits per heavy atom. The third kappa shape index (κ3) is 7.41. The van der Waals surface area contributed by atoms with Crippen LogP contribution < -0.4 is 10.2 Å². The number of carbonyl (C=O) groups is 1. The molecule has 162 valence electrons. The Labute approximate surface area is 175 Å². The maximum atomic E-state index is 12.6. The summed E-state index contributed by atoms with van der Waals surface area (Å²) in [4.78, 5) is 16.0. The smallest absolute Gasteiger partial charge is 0.369 e. The molecule has 0 bridgehead atoms. The van der Waals surface area contributed by atoms with Crippen LogP contribution in [0.5, 0.6) is 0 Å². The van der Waals surface area contributed by atoms with E-state index in [2.05, 4.69) is 15.1 Å². The van der Waals surface area contributed by atoms with Crippen LogP contribution in [0.4, 0.5) is 18.9 Å². The molecule has 0 unspecified atom stereocenters. The molecule has 0 atom stereocenters. The molecule has 2 aliphatic rings. The van der Waals surface area contributed by atoms with Gasteiger partial charge >= 0.3 is 5.51 Å². The van der Waals surface area contributed by atoms with Crippen LogP contribution in [0.1, 0.15) is 39.0 Å².